The normalized spacial score (nSPS) is 18.2. The monoisotopic (exact) mass is 371 g/mol. The van der Waals surface area contributed by atoms with Crippen LogP contribution in [-0.4, -0.2) is 51.0 Å². The van der Waals surface area contributed by atoms with Crippen LogP contribution in [-0.2, 0) is 13.1 Å². The Bertz CT molecular complexity index is 681. The maximum Gasteiger partial charge on any atom is 0.194 e. The number of nitrogens with zero attached hydrogens (tertiary/aromatic N) is 4. The van der Waals surface area contributed by atoms with Crippen LogP contribution in [0.4, 0.5) is 0 Å². The Hall–Kier alpha value is -1.95. The van der Waals surface area contributed by atoms with Crippen LogP contribution in [0.15, 0.2) is 48.0 Å². The molecular weight excluding hydrogens is 342 g/mol. The van der Waals surface area contributed by atoms with E-state index in [1.807, 2.05) is 18.7 Å². The molecule has 0 saturated carbocycles. The largest absolute Gasteiger partial charge is 0.357 e. The zero-order valence-corrected chi connectivity index (χ0v) is 16.6. The van der Waals surface area contributed by atoms with Gasteiger partial charge in [-0.2, -0.15) is 11.8 Å². The first-order valence-corrected chi connectivity index (χ1v) is 10.5. The number of nitrogens with one attached hydrogen (secondary N) is 1. The fourth-order valence-corrected chi connectivity index (χ4v) is 4.27. The van der Waals surface area contributed by atoms with Gasteiger partial charge in [0.15, 0.2) is 5.96 Å². The molecule has 1 saturated heterocycles. The van der Waals surface area contributed by atoms with E-state index in [4.69, 9.17) is 4.99 Å². The molecule has 140 valence electrons. The lowest BCUT2D eigenvalue weighted by Crippen LogP contribution is -2.48. The molecule has 0 spiro atoms. The van der Waals surface area contributed by atoms with E-state index in [0.717, 1.165) is 37.4 Å². The Kier molecular flexibility index (Phi) is 7.00. The Labute approximate surface area is 160 Å². The van der Waals surface area contributed by atoms with Crippen molar-refractivity contribution in [3.63, 3.8) is 0 Å². The smallest absolute Gasteiger partial charge is 0.194 e. The van der Waals surface area contributed by atoms with Gasteiger partial charge in [-0.25, -0.2) is 9.98 Å². The Morgan fingerprint density at radius 1 is 1.27 bits per heavy atom. The highest BCUT2D eigenvalue weighted by atomic mass is 32.2. The first-order valence-electron chi connectivity index (χ1n) is 9.47. The van der Waals surface area contributed by atoms with Crippen molar-refractivity contribution in [2.24, 2.45) is 4.99 Å². The summed E-state index contributed by atoms with van der Waals surface area (Å²) in [7, 11) is 0. The van der Waals surface area contributed by atoms with Gasteiger partial charge in [0.2, 0.25) is 0 Å². The van der Waals surface area contributed by atoms with E-state index in [0.29, 0.717) is 6.54 Å². The molecule has 2 heterocycles. The van der Waals surface area contributed by atoms with E-state index in [1.165, 1.54) is 23.3 Å². The Morgan fingerprint density at radius 2 is 2.08 bits per heavy atom. The second-order valence-corrected chi connectivity index (χ2v) is 7.98. The van der Waals surface area contributed by atoms with Gasteiger partial charge in [0, 0.05) is 49.6 Å². The van der Waals surface area contributed by atoms with Gasteiger partial charge in [0.1, 0.15) is 0 Å². The highest BCUT2D eigenvalue weighted by molar-refractivity contribution is 8.00. The number of hydrogen-bond acceptors (Lipinski definition) is 3. The third kappa shape index (κ3) is 5.27. The highest BCUT2D eigenvalue weighted by Crippen LogP contribution is 2.21. The number of aromatic nitrogens is 2. The quantitative estimate of drug-likeness (QED) is 0.626. The molecule has 1 aromatic carbocycles. The van der Waals surface area contributed by atoms with Crippen molar-refractivity contribution in [1.29, 1.82) is 0 Å². The van der Waals surface area contributed by atoms with E-state index in [-0.39, 0.29) is 0 Å². The second-order valence-electron chi connectivity index (χ2n) is 6.57. The first-order chi connectivity index (χ1) is 12.8. The molecule has 1 fully saturated rings. The maximum absolute atomic E-state index is 4.89. The number of thioether (sulfide) groups is 1. The zero-order valence-electron chi connectivity index (χ0n) is 15.8. The fraction of sp³-hybridized carbons (Fsp3) is 0.500. The molecule has 6 heteroatoms. The molecule has 1 aromatic heterocycles. The summed E-state index contributed by atoms with van der Waals surface area (Å²) in [6, 6.07) is 8.73. The summed E-state index contributed by atoms with van der Waals surface area (Å²) in [5.74, 6) is 2.24. The molecule has 1 N–H and O–H groups in total. The van der Waals surface area contributed by atoms with Crippen LogP contribution in [0.3, 0.4) is 0 Å². The van der Waals surface area contributed by atoms with Gasteiger partial charge in [0.25, 0.3) is 0 Å². The minimum Gasteiger partial charge on any atom is -0.357 e. The maximum atomic E-state index is 4.89. The Balaban J connectivity index is 1.61. The van der Waals surface area contributed by atoms with E-state index in [9.17, 15) is 0 Å². The molecule has 2 aromatic rings. The third-order valence-corrected chi connectivity index (χ3v) is 5.96. The summed E-state index contributed by atoms with van der Waals surface area (Å²) in [6.07, 6.45) is 6.87. The van der Waals surface area contributed by atoms with Crippen molar-refractivity contribution in [2.75, 3.05) is 25.4 Å². The summed E-state index contributed by atoms with van der Waals surface area (Å²) in [4.78, 5) is 11.4. The van der Waals surface area contributed by atoms with Crippen molar-refractivity contribution < 1.29 is 0 Å². The number of rotatable bonds is 6. The summed E-state index contributed by atoms with van der Waals surface area (Å²) in [6.45, 7) is 9.06. The topological polar surface area (TPSA) is 45.5 Å². The number of benzene rings is 1. The van der Waals surface area contributed by atoms with Crippen LogP contribution in [0.5, 0.6) is 0 Å². The minimum absolute atomic E-state index is 0.716. The van der Waals surface area contributed by atoms with Gasteiger partial charge in [-0.3, -0.25) is 0 Å². The molecule has 0 radical (unpaired) electrons. The van der Waals surface area contributed by atoms with Gasteiger partial charge < -0.3 is 14.8 Å². The SMILES string of the molecule is CCNC(=NCc1ccc(Cn2ccnc2)cc1)N1CCSC(CC)C1. The predicted octanol–water partition coefficient (Wildman–Crippen LogP) is 3.22. The molecule has 0 amide bonds. The van der Waals surface area contributed by atoms with E-state index in [1.54, 1.807) is 0 Å². The summed E-state index contributed by atoms with van der Waals surface area (Å²) in [5, 5.41) is 4.18. The van der Waals surface area contributed by atoms with Crippen molar-refractivity contribution >= 4 is 17.7 Å². The van der Waals surface area contributed by atoms with Crippen LogP contribution in [0.25, 0.3) is 0 Å². The molecule has 1 aliphatic heterocycles. The predicted molar refractivity (Wildman–Crippen MR) is 111 cm³/mol. The Morgan fingerprint density at radius 3 is 2.77 bits per heavy atom. The van der Waals surface area contributed by atoms with Crippen LogP contribution in [0, 0.1) is 0 Å². The number of hydrogen-bond donors (Lipinski definition) is 1. The van der Waals surface area contributed by atoms with Crippen molar-refractivity contribution in [2.45, 2.75) is 38.6 Å². The van der Waals surface area contributed by atoms with Crippen LogP contribution in [0.2, 0.25) is 0 Å². The number of guanidine groups is 1. The molecule has 1 unspecified atom stereocenters. The third-order valence-electron chi connectivity index (χ3n) is 4.59. The lowest BCUT2D eigenvalue weighted by molar-refractivity contribution is 0.408. The van der Waals surface area contributed by atoms with Crippen molar-refractivity contribution in [1.82, 2.24) is 19.8 Å². The van der Waals surface area contributed by atoms with Gasteiger partial charge >= 0.3 is 0 Å². The van der Waals surface area contributed by atoms with E-state index >= 15 is 0 Å². The summed E-state index contributed by atoms with van der Waals surface area (Å²) in [5.41, 5.74) is 2.52. The van der Waals surface area contributed by atoms with Crippen LogP contribution >= 0.6 is 11.8 Å². The summed E-state index contributed by atoms with van der Waals surface area (Å²) < 4.78 is 2.08. The average molecular weight is 372 g/mol. The van der Waals surface area contributed by atoms with Gasteiger partial charge in [0.05, 0.1) is 12.9 Å². The average Bonchev–Trinajstić information content (AvgIpc) is 3.19. The van der Waals surface area contributed by atoms with Crippen LogP contribution < -0.4 is 5.32 Å². The molecule has 1 atom stereocenters. The lowest BCUT2D eigenvalue weighted by atomic mass is 10.1. The molecule has 5 nitrogen and oxygen atoms in total. The van der Waals surface area contributed by atoms with Gasteiger partial charge in [-0.15, -0.1) is 0 Å². The number of imidazole rings is 1. The molecular formula is C20H29N5S. The van der Waals surface area contributed by atoms with Crippen molar-refractivity contribution in [3.05, 3.63) is 54.1 Å². The second kappa shape index (κ2) is 9.67. The summed E-state index contributed by atoms with van der Waals surface area (Å²) >= 11 is 2.09. The van der Waals surface area contributed by atoms with Crippen molar-refractivity contribution in [3.8, 4) is 0 Å². The standard InChI is InChI=1S/C20H29N5S/c1-3-19-15-25(11-12-26-19)20(22-4-2)23-13-17-5-7-18(8-6-17)14-24-10-9-21-16-24/h5-10,16,19H,3-4,11-15H2,1-2H3,(H,22,23). The van der Waals surface area contributed by atoms with Crippen LogP contribution in [0.1, 0.15) is 31.4 Å². The molecule has 0 aliphatic carbocycles. The van der Waals surface area contributed by atoms with E-state index in [2.05, 4.69) is 69.6 Å². The lowest BCUT2D eigenvalue weighted by Gasteiger charge is -2.34. The molecule has 0 bridgehead atoms. The minimum atomic E-state index is 0.716. The highest BCUT2D eigenvalue weighted by Gasteiger charge is 2.21. The van der Waals surface area contributed by atoms with Gasteiger partial charge in [-0.05, 0) is 24.5 Å². The molecule has 3 rings (SSSR count). The van der Waals surface area contributed by atoms with E-state index < -0.39 is 0 Å². The number of aliphatic imine (C=N–C) groups is 1. The molecule has 26 heavy (non-hydrogen) atoms. The van der Waals surface area contributed by atoms with Gasteiger partial charge in [-0.1, -0.05) is 31.2 Å². The molecule has 1 aliphatic rings. The zero-order chi connectivity index (χ0) is 18.2. The fourth-order valence-electron chi connectivity index (χ4n) is 3.09. The first kappa shape index (κ1) is 18.8.